The van der Waals surface area contributed by atoms with E-state index in [1.165, 1.54) is 0 Å². The molecular formula is C9H6O4. The molecule has 1 unspecified atom stereocenters. The monoisotopic (exact) mass is 178 g/mol. The first-order chi connectivity index (χ1) is 6.42. The largest absolute Gasteiger partial charge is 0.487 e. The quantitative estimate of drug-likeness (QED) is 0.574. The Morgan fingerprint density at radius 3 is 3.08 bits per heavy atom. The van der Waals surface area contributed by atoms with Crippen LogP contribution in [0.2, 0.25) is 0 Å². The topological polar surface area (TPSA) is 48.0 Å². The maximum Gasteiger partial charge on any atom is 0.220 e. The van der Waals surface area contributed by atoms with Gasteiger partial charge in [-0.3, -0.25) is 0 Å². The highest BCUT2D eigenvalue weighted by Crippen LogP contribution is 2.45. The molecule has 0 spiro atoms. The third-order valence-electron chi connectivity index (χ3n) is 2.28. The molecule has 1 aromatic carbocycles. The molecule has 0 bridgehead atoms. The first kappa shape index (κ1) is 6.10. The lowest BCUT2D eigenvalue weighted by Gasteiger charge is -1.98. The second kappa shape index (κ2) is 1.75. The average molecular weight is 178 g/mol. The summed E-state index contributed by atoms with van der Waals surface area (Å²) in [5.74, 6) is 0.779. The minimum Gasteiger partial charge on any atom is -0.487 e. The molecule has 2 aromatic heterocycles. The number of epoxide rings is 1. The van der Waals surface area contributed by atoms with Crippen molar-refractivity contribution in [2.45, 2.75) is 6.10 Å². The van der Waals surface area contributed by atoms with Gasteiger partial charge in [-0.25, -0.2) is 0 Å². The van der Waals surface area contributed by atoms with Crippen LogP contribution in [-0.2, 0) is 4.74 Å². The van der Waals surface area contributed by atoms with Gasteiger partial charge in [0.2, 0.25) is 16.7 Å². The van der Waals surface area contributed by atoms with Gasteiger partial charge in [0.25, 0.3) is 0 Å². The minimum absolute atomic E-state index is 0.277. The van der Waals surface area contributed by atoms with Gasteiger partial charge in [0, 0.05) is 6.07 Å². The zero-order valence-electron chi connectivity index (χ0n) is 6.70. The second-order valence-corrected chi connectivity index (χ2v) is 3.33. The Labute approximate surface area is 72.7 Å². The fourth-order valence-corrected chi connectivity index (χ4v) is 1.36. The molecule has 4 nitrogen and oxygen atoms in total. The molecule has 3 heterocycles. The van der Waals surface area contributed by atoms with E-state index in [0.29, 0.717) is 6.61 Å². The van der Waals surface area contributed by atoms with Gasteiger partial charge in [-0.2, -0.15) is 0 Å². The van der Waals surface area contributed by atoms with Crippen molar-refractivity contribution in [3.8, 4) is 5.75 Å². The molecule has 0 N–H and O–H groups in total. The van der Waals surface area contributed by atoms with Crippen LogP contribution in [0.3, 0.4) is 0 Å². The average Bonchev–Trinajstić information content (AvgIpc) is 2.95. The first-order valence-electron chi connectivity index (χ1n) is 4.23. The van der Waals surface area contributed by atoms with E-state index in [4.69, 9.17) is 18.3 Å². The molecule has 0 saturated carbocycles. The Kier molecular flexibility index (Phi) is 0.819. The van der Waals surface area contributed by atoms with Crippen molar-refractivity contribution in [1.29, 1.82) is 0 Å². The summed E-state index contributed by atoms with van der Waals surface area (Å²) < 4.78 is 20.9. The van der Waals surface area contributed by atoms with Crippen molar-refractivity contribution < 1.29 is 18.3 Å². The summed E-state index contributed by atoms with van der Waals surface area (Å²) in [6.07, 6.45) is 0.277. The Bertz CT molecular complexity index is 530. The third-order valence-corrected chi connectivity index (χ3v) is 2.28. The van der Waals surface area contributed by atoms with Crippen LogP contribution in [-0.4, -0.2) is 19.3 Å². The fraction of sp³-hybridized carbons (Fsp3) is 0.333. The Balaban J connectivity index is 1.67. The minimum atomic E-state index is 0.277. The molecule has 1 fully saturated rings. The highest BCUT2D eigenvalue weighted by atomic mass is 16.6. The summed E-state index contributed by atoms with van der Waals surface area (Å²) in [5.41, 5.74) is 3.44. The Morgan fingerprint density at radius 1 is 1.31 bits per heavy atom. The smallest absolute Gasteiger partial charge is 0.220 e. The molecule has 66 valence electrons. The molecule has 1 saturated heterocycles. The van der Waals surface area contributed by atoms with Gasteiger partial charge in [-0.15, -0.1) is 0 Å². The van der Waals surface area contributed by atoms with Crippen LogP contribution in [0, 0.1) is 0 Å². The lowest BCUT2D eigenvalue weighted by Crippen LogP contribution is -2.03. The highest BCUT2D eigenvalue weighted by Gasteiger charge is 2.28. The zero-order valence-corrected chi connectivity index (χ0v) is 6.70. The van der Waals surface area contributed by atoms with E-state index in [9.17, 15) is 0 Å². The zero-order chi connectivity index (χ0) is 8.41. The number of ether oxygens (including phenoxy) is 2. The van der Waals surface area contributed by atoms with Gasteiger partial charge in [-0.05, 0) is 0 Å². The van der Waals surface area contributed by atoms with E-state index in [1.54, 1.807) is 0 Å². The Morgan fingerprint density at radius 2 is 2.23 bits per heavy atom. The van der Waals surface area contributed by atoms with Crippen molar-refractivity contribution in [2.75, 3.05) is 13.2 Å². The molecule has 1 aliphatic rings. The lowest BCUT2D eigenvalue weighted by atomic mass is 10.3. The lowest BCUT2D eigenvalue weighted by molar-refractivity contribution is 0.264. The van der Waals surface area contributed by atoms with Crippen molar-refractivity contribution in [3.63, 3.8) is 0 Å². The summed E-state index contributed by atoms with van der Waals surface area (Å²) >= 11 is 0. The van der Waals surface area contributed by atoms with Gasteiger partial charge >= 0.3 is 0 Å². The molecule has 0 radical (unpaired) electrons. The third kappa shape index (κ3) is 0.833. The van der Waals surface area contributed by atoms with E-state index in [2.05, 4.69) is 0 Å². The summed E-state index contributed by atoms with van der Waals surface area (Å²) in [6.45, 7) is 1.42. The number of fused-ring (bicyclic) bond motifs is 3. The molecule has 0 aliphatic carbocycles. The highest BCUT2D eigenvalue weighted by molar-refractivity contribution is 6.08. The summed E-state index contributed by atoms with van der Waals surface area (Å²) in [5, 5.41) is 0. The standard InChI is InChI=1S/C9H6O4/c1-5(11-3-4-2-10-4)7-9(13-7)8-6(1)12-8/h1,4H,2-3H2. The number of rotatable bonds is 3. The molecule has 3 aromatic rings. The summed E-state index contributed by atoms with van der Waals surface area (Å²) in [7, 11) is 0. The molecule has 1 atom stereocenters. The normalized spacial score (nSPS) is 22.3. The maximum absolute atomic E-state index is 5.50. The van der Waals surface area contributed by atoms with Crippen LogP contribution in [0.25, 0.3) is 22.3 Å². The molecule has 4 heteroatoms. The first-order valence-corrected chi connectivity index (χ1v) is 4.23. The van der Waals surface area contributed by atoms with E-state index in [0.717, 1.165) is 34.7 Å². The number of benzene rings is 1. The van der Waals surface area contributed by atoms with Crippen molar-refractivity contribution in [1.82, 2.24) is 0 Å². The van der Waals surface area contributed by atoms with Crippen LogP contribution in [0.15, 0.2) is 14.9 Å². The van der Waals surface area contributed by atoms with E-state index < -0.39 is 0 Å². The van der Waals surface area contributed by atoms with Gasteiger partial charge in [0.15, 0.2) is 11.3 Å². The van der Waals surface area contributed by atoms with E-state index >= 15 is 0 Å². The predicted octanol–water partition coefficient (Wildman–Crippen LogP) is 1.83. The molecule has 0 amide bonds. The maximum atomic E-state index is 5.50. The van der Waals surface area contributed by atoms with Crippen LogP contribution >= 0.6 is 0 Å². The molecular weight excluding hydrogens is 172 g/mol. The predicted molar refractivity (Wildman–Crippen MR) is 43.6 cm³/mol. The van der Waals surface area contributed by atoms with Gasteiger partial charge in [-0.1, -0.05) is 0 Å². The molecule has 1 aliphatic heterocycles. The number of hydrogen-bond donors (Lipinski definition) is 0. The van der Waals surface area contributed by atoms with Crippen molar-refractivity contribution >= 4 is 22.3 Å². The van der Waals surface area contributed by atoms with E-state index in [-0.39, 0.29) is 6.10 Å². The van der Waals surface area contributed by atoms with Gasteiger partial charge < -0.3 is 18.3 Å². The summed E-state index contributed by atoms with van der Waals surface area (Å²) in [6, 6.07) is 1.86. The van der Waals surface area contributed by atoms with Crippen LogP contribution < -0.4 is 4.74 Å². The van der Waals surface area contributed by atoms with Crippen LogP contribution in [0.4, 0.5) is 0 Å². The number of hydrogen-bond acceptors (Lipinski definition) is 4. The van der Waals surface area contributed by atoms with Crippen molar-refractivity contribution in [2.24, 2.45) is 0 Å². The summed E-state index contributed by atoms with van der Waals surface area (Å²) in [4.78, 5) is 0. The van der Waals surface area contributed by atoms with Crippen LogP contribution in [0.1, 0.15) is 0 Å². The SMILES string of the molecule is c1c(OCC2CO2)c2oc2c2oc12. The van der Waals surface area contributed by atoms with Crippen molar-refractivity contribution in [3.05, 3.63) is 6.07 Å². The van der Waals surface area contributed by atoms with Gasteiger partial charge in [0.05, 0.1) is 6.61 Å². The van der Waals surface area contributed by atoms with E-state index in [1.807, 2.05) is 6.07 Å². The van der Waals surface area contributed by atoms with Gasteiger partial charge in [0.1, 0.15) is 12.7 Å². The van der Waals surface area contributed by atoms with Crippen LogP contribution in [0.5, 0.6) is 5.75 Å². The fourth-order valence-electron chi connectivity index (χ4n) is 1.36. The Hall–Kier alpha value is -1.42. The second-order valence-electron chi connectivity index (χ2n) is 3.33. The molecule has 4 rings (SSSR count). The molecule has 13 heavy (non-hydrogen) atoms.